The summed E-state index contributed by atoms with van der Waals surface area (Å²) in [7, 11) is 1.71. The second kappa shape index (κ2) is 9.22. The summed E-state index contributed by atoms with van der Waals surface area (Å²) in [4.78, 5) is 26.5. The third-order valence-electron chi connectivity index (χ3n) is 4.29. The minimum absolute atomic E-state index is 0.0746. The van der Waals surface area contributed by atoms with E-state index in [0.29, 0.717) is 15.7 Å². The maximum absolute atomic E-state index is 12.5. The molecule has 0 heterocycles. The number of hydrogen-bond donors (Lipinski definition) is 2. The highest BCUT2D eigenvalue weighted by Gasteiger charge is 2.21. The van der Waals surface area contributed by atoms with E-state index in [0.717, 1.165) is 16.8 Å². The first kappa shape index (κ1) is 21.2. The van der Waals surface area contributed by atoms with Crippen LogP contribution in [0.5, 0.6) is 0 Å². The van der Waals surface area contributed by atoms with Crippen LogP contribution in [-0.2, 0) is 9.59 Å². The van der Waals surface area contributed by atoms with Crippen LogP contribution in [-0.4, -0.2) is 36.3 Å². The van der Waals surface area contributed by atoms with Gasteiger partial charge in [-0.25, -0.2) is 0 Å². The lowest BCUT2D eigenvalue weighted by Gasteiger charge is -2.23. The van der Waals surface area contributed by atoms with E-state index in [1.165, 1.54) is 0 Å². The maximum atomic E-state index is 12.5. The molecule has 0 aromatic heterocycles. The van der Waals surface area contributed by atoms with Crippen LogP contribution in [0.3, 0.4) is 0 Å². The van der Waals surface area contributed by atoms with Crippen LogP contribution in [0.4, 0.5) is 11.4 Å². The summed E-state index contributed by atoms with van der Waals surface area (Å²) in [5.41, 5.74) is 3.26. The summed E-state index contributed by atoms with van der Waals surface area (Å²) in [5, 5.41) is 6.51. The molecule has 27 heavy (non-hydrogen) atoms. The molecule has 2 aromatic carbocycles. The number of carbonyl (C=O) groups is 2. The van der Waals surface area contributed by atoms with E-state index in [4.69, 9.17) is 23.2 Å². The number of nitrogens with zero attached hydrogens (tertiary/aromatic N) is 1. The van der Waals surface area contributed by atoms with Crippen LogP contribution in [0, 0.1) is 13.8 Å². The van der Waals surface area contributed by atoms with Crippen molar-refractivity contribution in [3.63, 3.8) is 0 Å². The normalized spacial score (nSPS) is 12.0. The Bertz CT molecular complexity index is 855. The van der Waals surface area contributed by atoms with Gasteiger partial charge in [0.05, 0.1) is 23.3 Å². The predicted octanol–water partition coefficient (Wildman–Crippen LogP) is 4.51. The van der Waals surface area contributed by atoms with Crippen molar-refractivity contribution >= 4 is 46.4 Å². The lowest BCUT2D eigenvalue weighted by atomic mass is 10.1. The third kappa shape index (κ3) is 5.96. The van der Waals surface area contributed by atoms with Gasteiger partial charge >= 0.3 is 0 Å². The zero-order valence-electron chi connectivity index (χ0n) is 15.8. The highest BCUT2D eigenvalue weighted by molar-refractivity contribution is 6.35. The Morgan fingerprint density at radius 2 is 1.74 bits per heavy atom. The van der Waals surface area contributed by atoms with Gasteiger partial charge in [-0.2, -0.15) is 0 Å². The van der Waals surface area contributed by atoms with E-state index in [-0.39, 0.29) is 18.4 Å². The van der Waals surface area contributed by atoms with Crippen molar-refractivity contribution in [2.45, 2.75) is 26.8 Å². The Morgan fingerprint density at radius 1 is 1.04 bits per heavy atom. The number of rotatable bonds is 6. The maximum Gasteiger partial charge on any atom is 0.241 e. The number of hydrogen-bond acceptors (Lipinski definition) is 3. The highest BCUT2D eigenvalue weighted by atomic mass is 35.5. The van der Waals surface area contributed by atoms with Gasteiger partial charge in [-0.15, -0.1) is 0 Å². The fraction of sp³-hybridized carbons (Fsp3) is 0.300. The van der Waals surface area contributed by atoms with Gasteiger partial charge < -0.3 is 10.6 Å². The second-order valence-corrected chi connectivity index (χ2v) is 7.41. The van der Waals surface area contributed by atoms with Crippen molar-refractivity contribution in [3.05, 3.63) is 57.6 Å². The van der Waals surface area contributed by atoms with Gasteiger partial charge in [-0.1, -0.05) is 35.3 Å². The smallest absolute Gasteiger partial charge is 0.241 e. The molecule has 0 aliphatic carbocycles. The van der Waals surface area contributed by atoms with Crippen LogP contribution in [0.25, 0.3) is 0 Å². The Kier molecular flexibility index (Phi) is 7.25. The van der Waals surface area contributed by atoms with E-state index in [2.05, 4.69) is 10.6 Å². The number of aryl methyl sites for hydroxylation is 2. The zero-order chi connectivity index (χ0) is 20.1. The van der Waals surface area contributed by atoms with Crippen LogP contribution < -0.4 is 10.6 Å². The van der Waals surface area contributed by atoms with Crippen molar-refractivity contribution in [1.82, 2.24) is 4.90 Å². The summed E-state index contributed by atoms with van der Waals surface area (Å²) in [6.45, 7) is 5.70. The van der Waals surface area contributed by atoms with E-state index < -0.39 is 6.04 Å². The Labute approximate surface area is 169 Å². The van der Waals surface area contributed by atoms with E-state index in [9.17, 15) is 9.59 Å². The SMILES string of the molecule is Cc1ccc(C)c(NC(=O)CN(C)[C@@H](C)C(=O)Nc2cc(Cl)ccc2Cl)c1. The molecule has 144 valence electrons. The molecule has 5 nitrogen and oxygen atoms in total. The molecule has 2 rings (SSSR count). The molecule has 2 aromatic rings. The van der Waals surface area contributed by atoms with Crippen LogP contribution >= 0.6 is 23.2 Å². The number of nitrogens with one attached hydrogen (secondary N) is 2. The molecule has 0 bridgehead atoms. The molecular weight excluding hydrogens is 385 g/mol. The molecule has 0 saturated carbocycles. The average molecular weight is 408 g/mol. The monoisotopic (exact) mass is 407 g/mol. The summed E-state index contributed by atoms with van der Waals surface area (Å²) in [5.74, 6) is -0.465. The van der Waals surface area contributed by atoms with Gasteiger partial charge in [0.2, 0.25) is 11.8 Å². The Hall–Kier alpha value is -2.08. The first-order chi connectivity index (χ1) is 12.7. The molecule has 0 unspecified atom stereocenters. The first-order valence-corrected chi connectivity index (χ1v) is 9.26. The van der Waals surface area contributed by atoms with E-state index in [1.807, 2.05) is 32.0 Å². The zero-order valence-corrected chi connectivity index (χ0v) is 17.3. The van der Waals surface area contributed by atoms with Crippen molar-refractivity contribution in [2.75, 3.05) is 24.2 Å². The molecule has 0 saturated heterocycles. The second-order valence-electron chi connectivity index (χ2n) is 6.57. The van der Waals surface area contributed by atoms with Crippen molar-refractivity contribution < 1.29 is 9.59 Å². The van der Waals surface area contributed by atoms with Gasteiger partial charge in [-0.3, -0.25) is 14.5 Å². The van der Waals surface area contributed by atoms with Gasteiger partial charge in [-0.05, 0) is 63.2 Å². The molecule has 7 heteroatoms. The first-order valence-electron chi connectivity index (χ1n) is 8.50. The standard InChI is InChI=1S/C20H23Cl2N3O2/c1-12-5-6-13(2)17(9-12)23-19(26)11-25(4)14(3)20(27)24-18-10-15(21)7-8-16(18)22/h5-10,14H,11H2,1-4H3,(H,23,26)(H,24,27)/t14-/m0/s1. The van der Waals surface area contributed by atoms with E-state index in [1.54, 1.807) is 37.1 Å². The fourth-order valence-corrected chi connectivity index (χ4v) is 2.79. The minimum Gasteiger partial charge on any atom is -0.325 e. The quantitative estimate of drug-likeness (QED) is 0.740. The molecule has 0 aliphatic rings. The van der Waals surface area contributed by atoms with Crippen LogP contribution in [0.1, 0.15) is 18.1 Å². The molecule has 2 amide bonds. The summed E-state index contributed by atoms with van der Waals surface area (Å²) in [6.07, 6.45) is 0. The third-order valence-corrected chi connectivity index (χ3v) is 4.85. The molecule has 1 atom stereocenters. The van der Waals surface area contributed by atoms with Crippen molar-refractivity contribution in [2.24, 2.45) is 0 Å². The molecular formula is C20H23Cl2N3O2. The van der Waals surface area contributed by atoms with Gasteiger partial charge in [0.15, 0.2) is 0 Å². The van der Waals surface area contributed by atoms with E-state index >= 15 is 0 Å². The molecule has 0 aliphatic heterocycles. The molecule has 2 N–H and O–H groups in total. The fourth-order valence-electron chi connectivity index (χ4n) is 2.45. The predicted molar refractivity (Wildman–Crippen MR) is 112 cm³/mol. The lowest BCUT2D eigenvalue weighted by Crippen LogP contribution is -2.43. The lowest BCUT2D eigenvalue weighted by molar-refractivity contribution is -0.122. The summed E-state index contributed by atoms with van der Waals surface area (Å²) in [6, 6.07) is 10.2. The number of amides is 2. The summed E-state index contributed by atoms with van der Waals surface area (Å²) < 4.78 is 0. The topological polar surface area (TPSA) is 61.4 Å². The summed E-state index contributed by atoms with van der Waals surface area (Å²) >= 11 is 12.0. The number of halogens is 2. The highest BCUT2D eigenvalue weighted by Crippen LogP contribution is 2.25. The average Bonchev–Trinajstić information content (AvgIpc) is 2.60. The Morgan fingerprint density at radius 3 is 2.44 bits per heavy atom. The van der Waals surface area contributed by atoms with Crippen LogP contribution in [0.15, 0.2) is 36.4 Å². The largest absolute Gasteiger partial charge is 0.325 e. The molecule has 0 fully saturated rings. The number of anilines is 2. The van der Waals surface area contributed by atoms with Crippen molar-refractivity contribution in [1.29, 1.82) is 0 Å². The van der Waals surface area contributed by atoms with Gasteiger partial charge in [0, 0.05) is 10.7 Å². The Balaban J connectivity index is 1.96. The number of benzene rings is 2. The number of carbonyl (C=O) groups excluding carboxylic acids is 2. The molecule has 0 spiro atoms. The molecule has 0 radical (unpaired) electrons. The number of likely N-dealkylation sites (N-methyl/N-ethyl adjacent to an activating group) is 1. The van der Waals surface area contributed by atoms with Gasteiger partial charge in [0.1, 0.15) is 0 Å². The van der Waals surface area contributed by atoms with Gasteiger partial charge in [0.25, 0.3) is 0 Å². The van der Waals surface area contributed by atoms with Crippen molar-refractivity contribution in [3.8, 4) is 0 Å². The van der Waals surface area contributed by atoms with Crippen LogP contribution in [0.2, 0.25) is 10.0 Å². The minimum atomic E-state index is -0.538.